The van der Waals surface area contributed by atoms with Gasteiger partial charge in [-0.3, -0.25) is 4.79 Å². The summed E-state index contributed by atoms with van der Waals surface area (Å²) in [4.78, 5) is 15.3. The van der Waals surface area contributed by atoms with Crippen molar-refractivity contribution in [2.45, 2.75) is 44.2 Å². The van der Waals surface area contributed by atoms with E-state index in [2.05, 4.69) is 31.1 Å². The fourth-order valence-electron chi connectivity index (χ4n) is 3.33. The minimum atomic E-state index is -3.90. The molecule has 0 bridgehead atoms. The average Bonchev–Trinajstić information content (AvgIpc) is 2.77. The first-order valence-electron chi connectivity index (χ1n) is 10.7. The van der Waals surface area contributed by atoms with Gasteiger partial charge in [0.2, 0.25) is 10.0 Å². The summed E-state index contributed by atoms with van der Waals surface area (Å²) >= 11 is 6.07. The molecular weight excluding hydrogens is 474 g/mol. The lowest BCUT2D eigenvalue weighted by atomic mass is 9.87. The second-order valence-corrected chi connectivity index (χ2v) is 11.3. The molecule has 2 N–H and O–H groups in total. The van der Waals surface area contributed by atoms with Crippen LogP contribution in [0.3, 0.4) is 0 Å². The quantitative estimate of drug-likeness (QED) is 0.431. The van der Waals surface area contributed by atoms with E-state index in [0.717, 1.165) is 11.1 Å². The molecule has 34 heavy (non-hydrogen) atoms. The van der Waals surface area contributed by atoms with Gasteiger partial charge in [0.1, 0.15) is 12.4 Å². The molecule has 3 aromatic rings. The number of sulfonamides is 1. The monoisotopic (exact) mass is 501 g/mol. The Hall–Kier alpha value is -2.94. The highest BCUT2D eigenvalue weighted by atomic mass is 35.5. The fraction of sp³-hybridized carbons (Fsp3) is 0.280. The zero-order valence-electron chi connectivity index (χ0n) is 19.3. The summed E-state index contributed by atoms with van der Waals surface area (Å²) < 4.78 is 28.5. The van der Waals surface area contributed by atoms with Crippen molar-refractivity contribution in [3.05, 3.63) is 88.6 Å². The van der Waals surface area contributed by atoms with Crippen LogP contribution in [0.1, 0.15) is 37.6 Å². The van der Waals surface area contributed by atoms with Crippen molar-refractivity contribution in [2.24, 2.45) is 0 Å². The molecule has 180 valence electrons. The number of carboxylic acid groups (broad SMARTS) is 1. The Morgan fingerprint density at radius 1 is 1.03 bits per heavy atom. The number of carbonyl (C=O) groups is 1. The molecule has 0 amide bonds. The number of nitrogens with one attached hydrogen (secondary N) is 1. The highest BCUT2D eigenvalue weighted by Gasteiger charge is 2.26. The van der Waals surface area contributed by atoms with Crippen molar-refractivity contribution in [1.29, 1.82) is 0 Å². The Balaban J connectivity index is 1.94. The van der Waals surface area contributed by atoms with Crippen LogP contribution in [-0.2, 0) is 33.3 Å². The SMILES string of the molecule is CC(C)(C)c1ccc(CN(Cc2cccc(NCC(=O)O)n2)S(=O)(=O)c2cccc(Cl)c2)cc1. The van der Waals surface area contributed by atoms with Crippen LogP contribution < -0.4 is 5.32 Å². The van der Waals surface area contributed by atoms with Crippen LogP contribution in [0.4, 0.5) is 5.82 Å². The first-order valence-corrected chi connectivity index (χ1v) is 12.5. The summed E-state index contributed by atoms with van der Waals surface area (Å²) in [5.74, 6) is -0.661. The maximum atomic E-state index is 13.6. The number of anilines is 1. The van der Waals surface area contributed by atoms with Crippen LogP contribution >= 0.6 is 11.6 Å². The van der Waals surface area contributed by atoms with E-state index in [4.69, 9.17) is 16.7 Å². The Labute approximate surface area is 205 Å². The van der Waals surface area contributed by atoms with Crippen molar-refractivity contribution < 1.29 is 18.3 Å². The Morgan fingerprint density at radius 2 is 1.71 bits per heavy atom. The van der Waals surface area contributed by atoms with Crippen molar-refractivity contribution in [2.75, 3.05) is 11.9 Å². The van der Waals surface area contributed by atoms with Crippen molar-refractivity contribution in [3.8, 4) is 0 Å². The minimum Gasteiger partial charge on any atom is -0.480 e. The number of benzene rings is 2. The van der Waals surface area contributed by atoms with Crippen LogP contribution in [0.25, 0.3) is 0 Å². The van der Waals surface area contributed by atoms with Gasteiger partial charge in [0, 0.05) is 11.6 Å². The Bertz CT molecular complexity index is 1260. The highest BCUT2D eigenvalue weighted by molar-refractivity contribution is 7.89. The summed E-state index contributed by atoms with van der Waals surface area (Å²) in [5, 5.41) is 11.9. The number of nitrogens with zero attached hydrogens (tertiary/aromatic N) is 2. The van der Waals surface area contributed by atoms with Gasteiger partial charge in [-0.05, 0) is 46.9 Å². The number of hydrogen-bond acceptors (Lipinski definition) is 5. The molecule has 0 spiro atoms. The second-order valence-electron chi connectivity index (χ2n) is 8.94. The van der Waals surface area contributed by atoms with Crippen molar-refractivity contribution >= 4 is 33.4 Å². The van der Waals surface area contributed by atoms with E-state index in [9.17, 15) is 13.2 Å². The van der Waals surface area contributed by atoms with Gasteiger partial charge in [0.15, 0.2) is 0 Å². The van der Waals surface area contributed by atoms with Gasteiger partial charge in [-0.1, -0.05) is 68.8 Å². The predicted molar refractivity (Wildman–Crippen MR) is 133 cm³/mol. The zero-order valence-corrected chi connectivity index (χ0v) is 20.9. The first kappa shape index (κ1) is 25.7. The van der Waals surface area contributed by atoms with E-state index in [0.29, 0.717) is 16.5 Å². The van der Waals surface area contributed by atoms with E-state index < -0.39 is 16.0 Å². The largest absolute Gasteiger partial charge is 0.480 e. The molecule has 1 aromatic heterocycles. The zero-order chi connectivity index (χ0) is 24.9. The molecule has 9 heteroatoms. The summed E-state index contributed by atoms with van der Waals surface area (Å²) in [7, 11) is -3.90. The van der Waals surface area contributed by atoms with Gasteiger partial charge in [0.05, 0.1) is 17.1 Å². The Morgan fingerprint density at radius 3 is 2.32 bits per heavy atom. The summed E-state index contributed by atoms with van der Waals surface area (Å²) in [5.41, 5.74) is 2.45. The molecule has 0 radical (unpaired) electrons. The number of hydrogen-bond donors (Lipinski definition) is 2. The third-order valence-corrected chi connectivity index (χ3v) is 7.20. The smallest absolute Gasteiger partial charge is 0.322 e. The number of pyridine rings is 1. The minimum absolute atomic E-state index is 0.00153. The molecule has 3 rings (SSSR count). The van der Waals surface area contributed by atoms with Gasteiger partial charge < -0.3 is 10.4 Å². The predicted octanol–water partition coefficient (Wildman–Crippen LogP) is 4.92. The number of aliphatic carboxylic acids is 1. The first-order chi connectivity index (χ1) is 15.9. The molecule has 1 heterocycles. The van der Waals surface area contributed by atoms with Gasteiger partial charge in [-0.2, -0.15) is 4.31 Å². The maximum Gasteiger partial charge on any atom is 0.322 e. The molecule has 0 atom stereocenters. The molecule has 7 nitrogen and oxygen atoms in total. The summed E-state index contributed by atoms with van der Waals surface area (Å²) in [6.45, 7) is 6.20. The molecule has 0 aliphatic rings. The normalized spacial score (nSPS) is 12.0. The molecule has 0 aliphatic carbocycles. The lowest BCUT2D eigenvalue weighted by Gasteiger charge is -2.24. The number of halogens is 1. The van der Waals surface area contributed by atoms with Gasteiger partial charge >= 0.3 is 5.97 Å². The van der Waals surface area contributed by atoms with E-state index in [1.807, 2.05) is 24.3 Å². The van der Waals surface area contributed by atoms with E-state index in [1.165, 1.54) is 16.4 Å². The maximum absolute atomic E-state index is 13.6. The van der Waals surface area contributed by atoms with E-state index >= 15 is 0 Å². The van der Waals surface area contributed by atoms with Crippen LogP contribution in [0.15, 0.2) is 71.6 Å². The molecule has 0 fully saturated rings. The van der Waals surface area contributed by atoms with Crippen LogP contribution in [0, 0.1) is 0 Å². The molecule has 0 aliphatic heterocycles. The van der Waals surface area contributed by atoms with Gasteiger partial charge in [0.25, 0.3) is 0 Å². The molecule has 0 unspecified atom stereocenters. The summed E-state index contributed by atoms with van der Waals surface area (Å²) in [6, 6.07) is 19.1. The molecule has 0 saturated carbocycles. The molecule has 0 saturated heterocycles. The second kappa shape index (κ2) is 10.5. The number of aromatic nitrogens is 1. The molecule has 2 aromatic carbocycles. The third-order valence-electron chi connectivity index (χ3n) is 5.18. The fourth-order valence-corrected chi connectivity index (χ4v) is 5.03. The van der Waals surface area contributed by atoms with Crippen molar-refractivity contribution in [3.63, 3.8) is 0 Å². The number of carboxylic acids is 1. The molecular formula is C25H28ClN3O4S. The highest BCUT2D eigenvalue weighted by Crippen LogP contribution is 2.26. The summed E-state index contributed by atoms with van der Waals surface area (Å²) in [6.07, 6.45) is 0. The van der Waals surface area contributed by atoms with Crippen LogP contribution in [0.2, 0.25) is 5.02 Å². The van der Waals surface area contributed by atoms with Gasteiger partial charge in [-0.15, -0.1) is 0 Å². The number of rotatable bonds is 9. The van der Waals surface area contributed by atoms with E-state index in [1.54, 1.807) is 30.3 Å². The lowest BCUT2D eigenvalue weighted by Crippen LogP contribution is -2.30. The van der Waals surface area contributed by atoms with Crippen LogP contribution in [-0.4, -0.2) is 35.3 Å². The van der Waals surface area contributed by atoms with E-state index in [-0.39, 0.29) is 29.9 Å². The standard InChI is InChI=1S/C25H28ClN3O4S/c1-25(2,3)19-12-10-18(11-13-19)16-29(34(32,33)22-8-4-6-20(26)14-22)17-21-7-5-9-23(28-21)27-15-24(30)31/h4-14H,15-17H2,1-3H3,(H,27,28)(H,30,31). The van der Waals surface area contributed by atoms with Crippen LogP contribution in [0.5, 0.6) is 0 Å². The van der Waals surface area contributed by atoms with Crippen molar-refractivity contribution in [1.82, 2.24) is 9.29 Å². The third kappa shape index (κ3) is 6.79. The lowest BCUT2D eigenvalue weighted by molar-refractivity contribution is -0.134. The van der Waals surface area contributed by atoms with Gasteiger partial charge in [-0.25, -0.2) is 13.4 Å². The Kier molecular flexibility index (Phi) is 7.97. The average molecular weight is 502 g/mol. The topological polar surface area (TPSA) is 99.6 Å².